The van der Waals surface area contributed by atoms with E-state index in [1.54, 1.807) is 0 Å². The van der Waals surface area contributed by atoms with Crippen molar-refractivity contribution in [3.8, 4) is 0 Å². The van der Waals surface area contributed by atoms with E-state index in [9.17, 15) is 38.6 Å². The first-order chi connectivity index (χ1) is 9.33. The topological polar surface area (TPSA) is 43.4 Å². The molecule has 21 heavy (non-hydrogen) atoms. The lowest BCUT2D eigenvalue weighted by Gasteiger charge is -2.30. The molecule has 0 aliphatic heterocycles. The van der Waals surface area contributed by atoms with Crippen molar-refractivity contribution >= 4 is 10.2 Å². The van der Waals surface area contributed by atoms with Crippen LogP contribution in [0.15, 0.2) is 30.3 Å². The predicted molar refractivity (Wildman–Crippen MR) is 56.1 cm³/mol. The molecule has 0 N–H and O–H groups in total. The fraction of sp³-hybridized carbons (Fsp3) is 0.400. The van der Waals surface area contributed by atoms with Crippen LogP contribution in [-0.2, 0) is 21.6 Å². The van der Waals surface area contributed by atoms with E-state index in [-0.39, 0.29) is 5.56 Å². The van der Waals surface area contributed by atoms with Gasteiger partial charge in [-0.3, -0.25) is 0 Å². The first-order valence-electron chi connectivity index (χ1n) is 5.08. The van der Waals surface area contributed by atoms with Gasteiger partial charge in [0.1, 0.15) is 0 Å². The van der Waals surface area contributed by atoms with Gasteiger partial charge in [0.25, 0.3) is 0 Å². The Kier molecular flexibility index (Phi) is 4.59. The Hall–Kier alpha value is -1.36. The van der Waals surface area contributed by atoms with Crippen LogP contribution in [0.2, 0.25) is 0 Å². The maximum Gasteiger partial charge on any atom is 0.449 e. The number of hydrogen-bond donors (Lipinski definition) is 0. The Bertz CT molecular complexity index is 584. The van der Waals surface area contributed by atoms with Gasteiger partial charge in [-0.2, -0.15) is 30.4 Å². The summed E-state index contributed by atoms with van der Waals surface area (Å²) in [6.07, 6.45) is -12.7. The summed E-state index contributed by atoms with van der Waals surface area (Å²) in [7, 11) is -7.35. The molecule has 1 aromatic rings. The maximum absolute atomic E-state index is 13.3. The summed E-state index contributed by atoms with van der Waals surface area (Å²) in [5.74, 6) is 0. The van der Waals surface area contributed by atoms with E-state index < -0.39 is 34.1 Å². The highest BCUT2D eigenvalue weighted by Gasteiger charge is 2.81. The normalized spacial score (nSPS) is 16.5. The van der Waals surface area contributed by atoms with Gasteiger partial charge in [-0.25, -0.2) is 4.39 Å². The van der Waals surface area contributed by atoms with Crippen molar-refractivity contribution in [3.63, 3.8) is 0 Å². The maximum atomic E-state index is 13.3. The van der Waals surface area contributed by atoms with Crippen LogP contribution >= 0.6 is 0 Å². The second kappa shape index (κ2) is 5.44. The smallest absolute Gasteiger partial charge is 0.312 e. The zero-order valence-electron chi connectivity index (χ0n) is 9.87. The van der Waals surface area contributed by atoms with E-state index >= 15 is 0 Å². The molecular formula is C10H7F7O3S. The Morgan fingerprint density at radius 3 is 1.81 bits per heavy atom. The molecule has 0 bridgehead atoms. The molecule has 0 amide bonds. The molecule has 0 aromatic heterocycles. The summed E-state index contributed by atoms with van der Waals surface area (Å²) in [5, 5.41) is -6.50. The lowest BCUT2D eigenvalue weighted by Crippen LogP contribution is -2.60. The summed E-state index contributed by atoms with van der Waals surface area (Å²) in [5.41, 5.74) is -0.0991. The van der Waals surface area contributed by atoms with E-state index in [1.165, 1.54) is 18.2 Å². The van der Waals surface area contributed by atoms with Crippen LogP contribution in [0.3, 0.4) is 0 Å². The number of alkyl halides is 6. The van der Waals surface area contributed by atoms with Crippen LogP contribution in [0.1, 0.15) is 5.56 Å². The van der Waals surface area contributed by atoms with Crippen molar-refractivity contribution < 1.29 is 43.4 Å². The minimum atomic E-state index is -7.35. The van der Waals surface area contributed by atoms with Crippen LogP contribution < -0.4 is 0 Å². The number of rotatable bonds is 5. The van der Waals surface area contributed by atoms with E-state index in [0.29, 0.717) is 0 Å². The van der Waals surface area contributed by atoms with Crippen molar-refractivity contribution in [2.24, 2.45) is 0 Å². The lowest BCUT2D eigenvalue weighted by molar-refractivity contribution is -0.357. The van der Waals surface area contributed by atoms with Gasteiger partial charge < -0.3 is 4.74 Å². The Morgan fingerprint density at radius 1 is 0.952 bits per heavy atom. The highest BCUT2D eigenvalue weighted by atomic mass is 32.3. The number of hydrogen-bond acceptors (Lipinski definition) is 3. The average molecular weight is 340 g/mol. The van der Waals surface area contributed by atoms with E-state index in [0.717, 1.165) is 12.1 Å². The molecule has 0 aliphatic rings. The van der Waals surface area contributed by atoms with Gasteiger partial charge in [0, 0.05) is 0 Å². The first kappa shape index (κ1) is 17.7. The monoisotopic (exact) mass is 340 g/mol. The number of ether oxygens (including phenoxy) is 1. The van der Waals surface area contributed by atoms with Gasteiger partial charge in [0.05, 0.1) is 6.61 Å². The molecule has 0 fully saturated rings. The summed E-state index contributed by atoms with van der Waals surface area (Å²) in [6.45, 7) is -1.26. The zero-order chi connectivity index (χ0) is 16.5. The highest BCUT2D eigenvalue weighted by Crippen LogP contribution is 2.50. The molecule has 1 aromatic carbocycles. The van der Waals surface area contributed by atoms with Crippen LogP contribution in [0, 0.1) is 0 Å². The molecule has 11 heteroatoms. The molecule has 0 saturated carbocycles. The zero-order valence-corrected chi connectivity index (χ0v) is 10.7. The highest BCUT2D eigenvalue weighted by molar-refractivity contribution is 7.87. The van der Waals surface area contributed by atoms with E-state index in [1.807, 2.05) is 0 Å². The Balaban J connectivity index is 3.13. The number of halogens is 7. The van der Waals surface area contributed by atoms with Gasteiger partial charge >= 0.3 is 27.5 Å². The fourth-order valence-corrected chi connectivity index (χ4v) is 1.91. The molecule has 1 rings (SSSR count). The molecular weight excluding hydrogens is 333 g/mol. The third kappa shape index (κ3) is 3.28. The quantitative estimate of drug-likeness (QED) is 0.610. The lowest BCUT2D eigenvalue weighted by atomic mass is 10.2. The summed E-state index contributed by atoms with van der Waals surface area (Å²) >= 11 is 0. The standard InChI is InChI=1S/C10H7F7O3S/c11-8(9(12,13)14,21(17,18)19)10(15,16)20-6-7-4-2-1-3-5-7/h1-5H,6H2. The molecule has 1 atom stereocenters. The third-order valence-corrected chi connectivity index (χ3v) is 3.48. The first-order valence-corrected chi connectivity index (χ1v) is 6.47. The van der Waals surface area contributed by atoms with Crippen molar-refractivity contribution in [3.05, 3.63) is 35.9 Å². The van der Waals surface area contributed by atoms with Gasteiger partial charge in [-0.1, -0.05) is 30.3 Å². The minimum Gasteiger partial charge on any atom is -0.312 e. The Labute approximate surface area is 114 Å². The molecule has 0 aliphatic carbocycles. The molecule has 120 valence electrons. The summed E-state index contributed by atoms with van der Waals surface area (Å²) in [6, 6.07) is 6.37. The van der Waals surface area contributed by atoms with Crippen molar-refractivity contribution in [2.75, 3.05) is 0 Å². The molecule has 1 unspecified atom stereocenters. The fourth-order valence-electron chi connectivity index (χ4n) is 1.29. The van der Waals surface area contributed by atoms with E-state index in [2.05, 4.69) is 4.74 Å². The average Bonchev–Trinajstić information content (AvgIpc) is 2.34. The Morgan fingerprint density at radius 2 is 1.43 bits per heavy atom. The summed E-state index contributed by atoms with van der Waals surface area (Å²) in [4.78, 5) is 0. The molecule has 3 nitrogen and oxygen atoms in total. The second-order valence-corrected chi connectivity index (χ2v) is 5.26. The largest absolute Gasteiger partial charge is 0.449 e. The van der Waals surface area contributed by atoms with Gasteiger partial charge in [-0.15, -0.1) is 3.89 Å². The molecule has 0 radical (unpaired) electrons. The molecule has 0 spiro atoms. The molecule has 0 saturated heterocycles. The second-order valence-electron chi connectivity index (χ2n) is 3.82. The minimum absolute atomic E-state index is 0.0991. The van der Waals surface area contributed by atoms with Crippen LogP contribution in [0.4, 0.5) is 30.2 Å². The van der Waals surface area contributed by atoms with Gasteiger partial charge in [0.2, 0.25) is 0 Å². The molecule has 0 heterocycles. The number of benzene rings is 1. The SMILES string of the molecule is O=S(=O)(F)C(F)(C(F)(F)F)C(F)(F)OCc1ccccc1. The van der Waals surface area contributed by atoms with Crippen LogP contribution in [-0.4, -0.2) is 25.7 Å². The van der Waals surface area contributed by atoms with Crippen molar-refractivity contribution in [1.82, 2.24) is 0 Å². The van der Waals surface area contributed by atoms with Crippen LogP contribution in [0.5, 0.6) is 0 Å². The van der Waals surface area contributed by atoms with Crippen LogP contribution in [0.25, 0.3) is 0 Å². The third-order valence-electron chi connectivity index (χ3n) is 2.34. The predicted octanol–water partition coefficient (Wildman–Crippen LogP) is 3.32. The van der Waals surface area contributed by atoms with Gasteiger partial charge in [-0.05, 0) is 5.56 Å². The summed E-state index contributed by atoms with van der Waals surface area (Å²) < 4.78 is 113. The van der Waals surface area contributed by atoms with Crippen molar-refractivity contribution in [1.29, 1.82) is 0 Å². The van der Waals surface area contributed by atoms with E-state index in [4.69, 9.17) is 0 Å². The van der Waals surface area contributed by atoms with Gasteiger partial charge in [0.15, 0.2) is 0 Å². The van der Waals surface area contributed by atoms with Crippen molar-refractivity contribution in [2.45, 2.75) is 23.9 Å².